The van der Waals surface area contributed by atoms with Crippen LogP contribution >= 0.6 is 11.8 Å². The van der Waals surface area contributed by atoms with Gasteiger partial charge in [-0.15, -0.1) is 0 Å². The van der Waals surface area contributed by atoms with Crippen LogP contribution in [0.2, 0.25) is 0 Å². The summed E-state index contributed by atoms with van der Waals surface area (Å²) < 4.78 is 14.8. The van der Waals surface area contributed by atoms with Gasteiger partial charge in [-0.1, -0.05) is 30.0 Å². The summed E-state index contributed by atoms with van der Waals surface area (Å²) in [6.07, 6.45) is -0.166. The maximum Gasteiger partial charge on any atom is 0.247 e. The first kappa shape index (κ1) is 24.2. The predicted octanol–water partition coefficient (Wildman–Crippen LogP) is 2.91. The number of nitrogens with two attached hydrogens (primary N) is 1. The number of aliphatic hydroxyl groups is 2. The molecule has 2 heterocycles. The summed E-state index contributed by atoms with van der Waals surface area (Å²) in [4.78, 5) is 16.6. The van der Waals surface area contributed by atoms with Crippen molar-refractivity contribution in [3.05, 3.63) is 69.6 Å². The molecular formula is C23H29FN4O3S. The lowest BCUT2D eigenvalue weighted by molar-refractivity contribution is -0.114. The molecule has 2 atom stereocenters. The lowest BCUT2D eigenvalue weighted by atomic mass is 9.95. The molecule has 9 heteroatoms. The van der Waals surface area contributed by atoms with Gasteiger partial charge in [-0.3, -0.25) is 4.79 Å². The lowest BCUT2D eigenvalue weighted by Gasteiger charge is -2.20. The van der Waals surface area contributed by atoms with Crippen LogP contribution in [-0.4, -0.2) is 33.8 Å². The summed E-state index contributed by atoms with van der Waals surface area (Å²) in [5.74, 6) is -0.455. The molecule has 1 amide bonds. The molecule has 172 valence electrons. The van der Waals surface area contributed by atoms with Crippen molar-refractivity contribution in [2.75, 3.05) is 11.9 Å². The molecule has 0 saturated carbocycles. The van der Waals surface area contributed by atoms with Crippen molar-refractivity contribution in [2.45, 2.75) is 50.7 Å². The van der Waals surface area contributed by atoms with E-state index in [1.807, 2.05) is 12.1 Å². The number of amides is 1. The van der Waals surface area contributed by atoms with Crippen LogP contribution in [0, 0.1) is 5.82 Å². The molecule has 0 saturated heterocycles. The van der Waals surface area contributed by atoms with E-state index in [1.54, 1.807) is 39.0 Å². The van der Waals surface area contributed by atoms with E-state index in [0.29, 0.717) is 40.6 Å². The fourth-order valence-corrected chi connectivity index (χ4v) is 4.71. The molecule has 0 bridgehead atoms. The number of aliphatic hydroxyl groups excluding tert-OH is 1. The van der Waals surface area contributed by atoms with E-state index in [9.17, 15) is 19.4 Å². The first-order valence-corrected chi connectivity index (χ1v) is 11.3. The van der Waals surface area contributed by atoms with Gasteiger partial charge in [-0.2, -0.15) is 0 Å². The van der Waals surface area contributed by atoms with Crippen LogP contribution in [-0.2, 0) is 16.9 Å². The van der Waals surface area contributed by atoms with Crippen molar-refractivity contribution >= 4 is 23.5 Å². The smallest absolute Gasteiger partial charge is 0.247 e. The number of rotatable bonds is 9. The fraction of sp³-hybridized carbons (Fsp3) is 0.391. The average Bonchev–Trinajstić information content (AvgIpc) is 3.11. The Labute approximate surface area is 191 Å². The molecule has 0 aliphatic carbocycles. The zero-order valence-corrected chi connectivity index (χ0v) is 19.2. The third-order valence-electron chi connectivity index (χ3n) is 5.07. The Bertz CT molecular complexity index is 1020. The number of nitrogens with one attached hydrogen (secondary N) is 2. The van der Waals surface area contributed by atoms with Crippen molar-refractivity contribution in [1.82, 2.24) is 10.3 Å². The number of halogens is 1. The van der Waals surface area contributed by atoms with Gasteiger partial charge >= 0.3 is 0 Å². The van der Waals surface area contributed by atoms with Crippen LogP contribution in [0.5, 0.6) is 0 Å². The molecule has 0 spiro atoms. The van der Waals surface area contributed by atoms with Crippen LogP contribution in [0.25, 0.3) is 0 Å². The molecule has 1 aromatic heterocycles. The van der Waals surface area contributed by atoms with Gasteiger partial charge in [0.05, 0.1) is 22.4 Å². The maximum atomic E-state index is 14.8. The fourth-order valence-electron chi connectivity index (χ4n) is 3.37. The highest BCUT2D eigenvalue weighted by atomic mass is 32.2. The second-order valence-electron chi connectivity index (χ2n) is 8.40. The third kappa shape index (κ3) is 6.07. The highest BCUT2D eigenvalue weighted by Crippen LogP contribution is 2.48. The van der Waals surface area contributed by atoms with E-state index >= 15 is 0 Å². The third-order valence-corrected chi connectivity index (χ3v) is 6.36. The molecule has 0 fully saturated rings. The molecule has 6 N–H and O–H groups in total. The van der Waals surface area contributed by atoms with Crippen molar-refractivity contribution in [1.29, 1.82) is 0 Å². The van der Waals surface area contributed by atoms with E-state index < -0.39 is 23.4 Å². The van der Waals surface area contributed by atoms with Crippen LogP contribution in [0.15, 0.2) is 47.0 Å². The minimum absolute atomic E-state index is 0.288. The largest absolute Gasteiger partial charge is 0.392 e. The number of carbonyl (C=O) groups is 1. The Hall–Kier alpha value is -2.46. The van der Waals surface area contributed by atoms with Crippen LogP contribution in [0.4, 0.5) is 10.2 Å². The number of hydrogen-bond donors (Lipinski definition) is 5. The number of anilines is 1. The highest BCUT2D eigenvalue weighted by Gasteiger charge is 2.32. The van der Waals surface area contributed by atoms with Gasteiger partial charge in [0.25, 0.3) is 0 Å². The SMILES string of the molecule is C[C@H](O)CNCc1cccc(NC2=C(C(N)=O)CC(c3ccc(C(C)(C)O)cc3F)S2)n1. The summed E-state index contributed by atoms with van der Waals surface area (Å²) in [6.45, 7) is 5.83. The minimum Gasteiger partial charge on any atom is -0.392 e. The standard InChI is InChI=1S/C23H29FN4O3S/c1-13(29)11-26-12-15-5-4-6-20(27-15)28-22-17(21(25)30)10-19(32-22)16-8-7-14(9-18(16)24)23(2,3)31/h4-9,13,19,26,29,31H,10-12H2,1-3H3,(H2,25,30)(H,27,28)/t13-,19?/m0/s1. The van der Waals surface area contributed by atoms with E-state index in [2.05, 4.69) is 15.6 Å². The van der Waals surface area contributed by atoms with Gasteiger partial charge in [0.1, 0.15) is 11.6 Å². The topological polar surface area (TPSA) is 120 Å². The Kier molecular flexibility index (Phi) is 7.55. The zero-order valence-electron chi connectivity index (χ0n) is 18.4. The summed E-state index contributed by atoms with van der Waals surface area (Å²) in [5.41, 5.74) is 6.54. The van der Waals surface area contributed by atoms with Gasteiger partial charge in [-0.05, 0) is 51.0 Å². The second kappa shape index (κ2) is 9.99. The monoisotopic (exact) mass is 460 g/mol. The Balaban J connectivity index is 1.76. The van der Waals surface area contributed by atoms with Crippen molar-refractivity contribution in [2.24, 2.45) is 5.73 Å². The Morgan fingerprint density at radius 2 is 2.12 bits per heavy atom. The molecule has 1 aliphatic heterocycles. The van der Waals surface area contributed by atoms with E-state index in [4.69, 9.17) is 5.73 Å². The molecule has 1 unspecified atom stereocenters. The van der Waals surface area contributed by atoms with Crippen LogP contribution in [0.1, 0.15) is 49.3 Å². The molecule has 1 aromatic carbocycles. The van der Waals surface area contributed by atoms with Gasteiger partial charge in [0.2, 0.25) is 5.91 Å². The summed E-state index contributed by atoms with van der Waals surface area (Å²) in [7, 11) is 0. The molecule has 32 heavy (non-hydrogen) atoms. The number of primary amides is 1. The summed E-state index contributed by atoms with van der Waals surface area (Å²) >= 11 is 1.33. The predicted molar refractivity (Wildman–Crippen MR) is 124 cm³/mol. The molecule has 0 radical (unpaired) electrons. The van der Waals surface area contributed by atoms with Crippen LogP contribution in [0.3, 0.4) is 0 Å². The second-order valence-corrected chi connectivity index (χ2v) is 9.61. The van der Waals surface area contributed by atoms with E-state index in [-0.39, 0.29) is 11.7 Å². The van der Waals surface area contributed by atoms with Gasteiger partial charge in [0.15, 0.2) is 0 Å². The normalized spacial score (nSPS) is 17.5. The van der Waals surface area contributed by atoms with Crippen LogP contribution < -0.4 is 16.4 Å². The average molecular weight is 461 g/mol. The molecular weight excluding hydrogens is 431 g/mol. The van der Waals surface area contributed by atoms with Crippen molar-refractivity contribution in [3.8, 4) is 0 Å². The maximum absolute atomic E-state index is 14.8. The van der Waals surface area contributed by atoms with Gasteiger partial charge < -0.3 is 26.6 Å². The van der Waals surface area contributed by atoms with Gasteiger partial charge in [-0.25, -0.2) is 9.37 Å². The number of aromatic nitrogens is 1. The molecule has 7 nitrogen and oxygen atoms in total. The number of nitrogens with zero attached hydrogens (tertiary/aromatic N) is 1. The first-order chi connectivity index (χ1) is 15.0. The summed E-state index contributed by atoms with van der Waals surface area (Å²) in [6, 6.07) is 10.1. The quantitative estimate of drug-likeness (QED) is 0.390. The van der Waals surface area contributed by atoms with E-state index in [1.165, 1.54) is 17.8 Å². The minimum atomic E-state index is -1.15. The number of thioether (sulfide) groups is 1. The number of carbonyl (C=O) groups excluding carboxylic acids is 1. The lowest BCUT2D eigenvalue weighted by Crippen LogP contribution is -2.24. The first-order valence-electron chi connectivity index (χ1n) is 10.4. The molecule has 1 aliphatic rings. The Morgan fingerprint density at radius 1 is 1.38 bits per heavy atom. The summed E-state index contributed by atoms with van der Waals surface area (Å²) in [5, 5.41) is 26.0. The van der Waals surface area contributed by atoms with Crippen molar-refractivity contribution in [3.63, 3.8) is 0 Å². The number of hydrogen-bond acceptors (Lipinski definition) is 7. The zero-order chi connectivity index (χ0) is 23.5. The molecule has 3 rings (SSSR count). The van der Waals surface area contributed by atoms with E-state index in [0.717, 1.165) is 5.69 Å². The highest BCUT2D eigenvalue weighted by molar-refractivity contribution is 8.03. The Morgan fingerprint density at radius 3 is 2.75 bits per heavy atom. The molecule has 2 aromatic rings. The number of benzene rings is 1. The van der Waals surface area contributed by atoms with Gasteiger partial charge in [0, 0.05) is 29.5 Å². The van der Waals surface area contributed by atoms with Crippen molar-refractivity contribution < 1.29 is 19.4 Å². The number of pyridine rings is 1.